The highest BCUT2D eigenvalue weighted by Gasteiger charge is 2.19. The third kappa shape index (κ3) is 5.17. The van der Waals surface area contributed by atoms with Gasteiger partial charge in [-0.15, -0.1) is 0 Å². The maximum Gasteiger partial charge on any atom is 0.307 e. The highest BCUT2D eigenvalue weighted by atomic mass is 35.5. The van der Waals surface area contributed by atoms with E-state index in [-0.39, 0.29) is 12.3 Å². The second-order valence-electron chi connectivity index (χ2n) is 6.15. The zero-order valence-corrected chi connectivity index (χ0v) is 16.0. The third-order valence-electron chi connectivity index (χ3n) is 4.20. The van der Waals surface area contributed by atoms with E-state index in [2.05, 4.69) is 15.4 Å². The molecule has 0 bridgehead atoms. The predicted molar refractivity (Wildman–Crippen MR) is 104 cm³/mol. The number of nitrogens with one attached hydrogen (secondary N) is 1. The average Bonchev–Trinajstić information content (AvgIpc) is 3.21. The second-order valence-corrected chi connectivity index (χ2v) is 6.58. The van der Waals surface area contributed by atoms with Crippen LogP contribution in [0.15, 0.2) is 61.2 Å². The predicted octanol–water partition coefficient (Wildman–Crippen LogP) is 3.01. The SMILES string of the molecule is COC(=O)C[C@H](NC(=O)c1ccc(Cn2cncn2)cc1)c1ccc(Cl)cc1. The molecule has 0 fully saturated rings. The number of hydrogen-bond acceptors (Lipinski definition) is 5. The Labute approximate surface area is 167 Å². The summed E-state index contributed by atoms with van der Waals surface area (Å²) in [6.45, 7) is 0.567. The van der Waals surface area contributed by atoms with Crippen LogP contribution in [0.1, 0.15) is 33.9 Å². The largest absolute Gasteiger partial charge is 0.469 e. The van der Waals surface area contributed by atoms with Gasteiger partial charge in [-0.05, 0) is 35.4 Å². The molecule has 1 aromatic heterocycles. The lowest BCUT2D eigenvalue weighted by Crippen LogP contribution is -2.30. The first kappa shape index (κ1) is 19.6. The molecule has 2 aromatic carbocycles. The van der Waals surface area contributed by atoms with E-state index < -0.39 is 12.0 Å². The van der Waals surface area contributed by atoms with Crippen molar-refractivity contribution in [2.45, 2.75) is 19.0 Å². The first-order valence-electron chi connectivity index (χ1n) is 8.59. The molecule has 0 spiro atoms. The Morgan fingerprint density at radius 3 is 2.46 bits per heavy atom. The van der Waals surface area contributed by atoms with Crippen molar-refractivity contribution >= 4 is 23.5 Å². The van der Waals surface area contributed by atoms with Crippen LogP contribution in [-0.2, 0) is 16.1 Å². The number of carbonyl (C=O) groups is 2. The Kier molecular flexibility index (Phi) is 6.39. The first-order chi connectivity index (χ1) is 13.5. The molecule has 3 rings (SSSR count). The molecule has 7 nitrogen and oxygen atoms in total. The number of nitrogens with zero attached hydrogens (tertiary/aromatic N) is 3. The maximum atomic E-state index is 12.7. The summed E-state index contributed by atoms with van der Waals surface area (Å²) < 4.78 is 6.45. The molecular formula is C20H19ClN4O3. The smallest absolute Gasteiger partial charge is 0.307 e. The molecule has 1 N–H and O–H groups in total. The van der Waals surface area contributed by atoms with E-state index >= 15 is 0 Å². The molecule has 0 aliphatic carbocycles. The number of rotatable bonds is 7. The van der Waals surface area contributed by atoms with Crippen molar-refractivity contribution in [1.82, 2.24) is 20.1 Å². The molecule has 144 valence electrons. The van der Waals surface area contributed by atoms with Crippen LogP contribution >= 0.6 is 11.6 Å². The van der Waals surface area contributed by atoms with Gasteiger partial charge in [-0.25, -0.2) is 9.67 Å². The highest BCUT2D eigenvalue weighted by molar-refractivity contribution is 6.30. The van der Waals surface area contributed by atoms with Gasteiger partial charge in [0, 0.05) is 10.6 Å². The van der Waals surface area contributed by atoms with Gasteiger partial charge in [-0.2, -0.15) is 5.10 Å². The molecule has 3 aromatic rings. The number of esters is 1. The number of ether oxygens (including phenoxy) is 1. The normalized spacial score (nSPS) is 11.6. The minimum absolute atomic E-state index is 0.0221. The zero-order valence-electron chi connectivity index (χ0n) is 15.2. The van der Waals surface area contributed by atoms with Crippen molar-refractivity contribution in [3.8, 4) is 0 Å². The van der Waals surface area contributed by atoms with Gasteiger partial charge in [0.25, 0.3) is 5.91 Å². The van der Waals surface area contributed by atoms with Crippen LogP contribution in [0.25, 0.3) is 0 Å². The zero-order chi connectivity index (χ0) is 19.9. The highest BCUT2D eigenvalue weighted by Crippen LogP contribution is 2.21. The number of hydrogen-bond donors (Lipinski definition) is 1. The number of aromatic nitrogens is 3. The van der Waals surface area contributed by atoms with E-state index in [0.29, 0.717) is 17.1 Å². The summed E-state index contributed by atoms with van der Waals surface area (Å²) >= 11 is 5.93. The fraction of sp³-hybridized carbons (Fsp3) is 0.200. The molecule has 0 saturated carbocycles. The van der Waals surface area contributed by atoms with Crippen LogP contribution < -0.4 is 5.32 Å². The quantitative estimate of drug-likeness (QED) is 0.618. The summed E-state index contributed by atoms with van der Waals surface area (Å²) in [5, 5.41) is 7.52. The molecule has 0 radical (unpaired) electrons. The van der Waals surface area contributed by atoms with Crippen LogP contribution in [0.3, 0.4) is 0 Å². The molecule has 1 amide bonds. The van der Waals surface area contributed by atoms with E-state index in [1.54, 1.807) is 47.4 Å². The van der Waals surface area contributed by atoms with E-state index in [9.17, 15) is 9.59 Å². The van der Waals surface area contributed by atoms with Crippen LogP contribution in [0.2, 0.25) is 5.02 Å². The van der Waals surface area contributed by atoms with Crippen molar-refractivity contribution in [2.24, 2.45) is 0 Å². The Bertz CT molecular complexity index is 925. The van der Waals surface area contributed by atoms with Gasteiger partial charge in [0.1, 0.15) is 12.7 Å². The van der Waals surface area contributed by atoms with Crippen LogP contribution in [0, 0.1) is 0 Å². The maximum absolute atomic E-state index is 12.7. The summed E-state index contributed by atoms with van der Waals surface area (Å²) in [5.74, 6) is -0.695. The van der Waals surface area contributed by atoms with Gasteiger partial charge in [-0.3, -0.25) is 9.59 Å². The van der Waals surface area contributed by atoms with E-state index in [1.807, 2.05) is 12.1 Å². The Morgan fingerprint density at radius 2 is 1.86 bits per heavy atom. The summed E-state index contributed by atoms with van der Waals surface area (Å²) in [7, 11) is 1.32. The van der Waals surface area contributed by atoms with Crippen LogP contribution in [0.4, 0.5) is 0 Å². The number of amides is 1. The van der Waals surface area contributed by atoms with Crippen LogP contribution in [-0.4, -0.2) is 33.8 Å². The second kappa shape index (κ2) is 9.14. The number of benzene rings is 2. The Balaban J connectivity index is 1.71. The lowest BCUT2D eigenvalue weighted by atomic mass is 10.0. The van der Waals surface area contributed by atoms with Gasteiger partial charge in [-0.1, -0.05) is 35.9 Å². The fourth-order valence-electron chi connectivity index (χ4n) is 2.70. The summed E-state index contributed by atoms with van der Waals surface area (Å²) in [6.07, 6.45) is 3.12. The summed E-state index contributed by atoms with van der Waals surface area (Å²) in [6, 6.07) is 13.6. The van der Waals surface area contributed by atoms with Gasteiger partial charge in [0.15, 0.2) is 0 Å². The monoisotopic (exact) mass is 398 g/mol. The van der Waals surface area contributed by atoms with Crippen molar-refractivity contribution in [1.29, 1.82) is 0 Å². The molecule has 0 saturated heterocycles. The van der Waals surface area contributed by atoms with E-state index in [4.69, 9.17) is 16.3 Å². The minimum Gasteiger partial charge on any atom is -0.469 e. The van der Waals surface area contributed by atoms with Crippen molar-refractivity contribution in [3.63, 3.8) is 0 Å². The molecular weight excluding hydrogens is 380 g/mol. The Hall–Kier alpha value is -3.19. The van der Waals surface area contributed by atoms with Gasteiger partial charge in [0.05, 0.1) is 26.1 Å². The standard InChI is InChI=1S/C20H19ClN4O3/c1-28-19(26)10-18(15-6-8-17(21)9-7-15)24-20(27)16-4-2-14(3-5-16)11-25-13-22-12-23-25/h2-9,12-13,18H,10-11H2,1H3,(H,24,27)/t18-/m0/s1. The molecule has 28 heavy (non-hydrogen) atoms. The summed E-state index contributed by atoms with van der Waals surface area (Å²) in [4.78, 5) is 28.3. The van der Waals surface area contributed by atoms with Gasteiger partial charge in [0.2, 0.25) is 0 Å². The molecule has 0 unspecified atom stereocenters. The number of methoxy groups -OCH3 is 1. The van der Waals surface area contributed by atoms with Crippen molar-refractivity contribution in [3.05, 3.63) is 82.9 Å². The molecule has 0 aliphatic rings. The topological polar surface area (TPSA) is 86.1 Å². The first-order valence-corrected chi connectivity index (χ1v) is 8.97. The van der Waals surface area contributed by atoms with Crippen molar-refractivity contribution in [2.75, 3.05) is 7.11 Å². The molecule has 0 aliphatic heterocycles. The third-order valence-corrected chi connectivity index (χ3v) is 4.46. The molecule has 1 heterocycles. The van der Waals surface area contributed by atoms with E-state index in [0.717, 1.165) is 11.1 Å². The van der Waals surface area contributed by atoms with E-state index in [1.165, 1.54) is 13.4 Å². The molecule has 8 heteroatoms. The Morgan fingerprint density at radius 1 is 1.14 bits per heavy atom. The minimum atomic E-state index is -0.521. The fourth-order valence-corrected chi connectivity index (χ4v) is 2.83. The lowest BCUT2D eigenvalue weighted by Gasteiger charge is -2.18. The number of halogens is 1. The average molecular weight is 399 g/mol. The molecule has 1 atom stereocenters. The van der Waals surface area contributed by atoms with Gasteiger partial charge >= 0.3 is 5.97 Å². The summed E-state index contributed by atoms with van der Waals surface area (Å²) in [5.41, 5.74) is 2.25. The van der Waals surface area contributed by atoms with Crippen LogP contribution in [0.5, 0.6) is 0 Å². The number of carbonyl (C=O) groups excluding carboxylic acids is 2. The van der Waals surface area contributed by atoms with Crippen molar-refractivity contribution < 1.29 is 14.3 Å². The lowest BCUT2D eigenvalue weighted by molar-refractivity contribution is -0.141. The van der Waals surface area contributed by atoms with Gasteiger partial charge < -0.3 is 10.1 Å².